The maximum atomic E-state index is 12.7. The second kappa shape index (κ2) is 5.73. The van der Waals surface area contributed by atoms with Gasteiger partial charge in [-0.2, -0.15) is 13.2 Å². The van der Waals surface area contributed by atoms with Crippen LogP contribution in [0.2, 0.25) is 0 Å². The largest absolute Gasteiger partial charge is 0.433 e. The van der Waals surface area contributed by atoms with Crippen LogP contribution < -0.4 is 5.32 Å². The monoisotopic (exact) mass is 280 g/mol. The summed E-state index contributed by atoms with van der Waals surface area (Å²) in [6.45, 7) is 0. The fraction of sp³-hybridized carbons (Fsp3) is 0.143. The van der Waals surface area contributed by atoms with Crippen LogP contribution in [0.15, 0.2) is 42.5 Å². The average Bonchev–Trinajstić information content (AvgIpc) is 2.41. The number of aromatic nitrogens is 1. The van der Waals surface area contributed by atoms with Crippen molar-refractivity contribution in [2.24, 2.45) is 0 Å². The molecule has 104 valence electrons. The van der Waals surface area contributed by atoms with Gasteiger partial charge in [0.15, 0.2) is 0 Å². The maximum absolute atomic E-state index is 12.7. The first kappa shape index (κ1) is 14.0. The third kappa shape index (κ3) is 3.34. The standard InChI is InChI=1S/C14H11F3N2O/c15-14(16,17)12-7-6-10(8-9-20)13(19-12)18-11-4-2-1-3-5-11/h1-7,9H,8H2,(H,18,19). The van der Waals surface area contributed by atoms with E-state index in [-0.39, 0.29) is 12.2 Å². The number of carbonyl (C=O) groups excluding carboxylic acids is 1. The number of nitrogens with one attached hydrogen (secondary N) is 1. The van der Waals surface area contributed by atoms with E-state index in [4.69, 9.17) is 0 Å². The van der Waals surface area contributed by atoms with E-state index in [1.165, 1.54) is 6.07 Å². The van der Waals surface area contributed by atoms with E-state index in [0.717, 1.165) is 6.07 Å². The van der Waals surface area contributed by atoms with Gasteiger partial charge in [0.2, 0.25) is 0 Å². The Balaban J connectivity index is 2.39. The Bertz CT molecular complexity index is 597. The van der Waals surface area contributed by atoms with Crippen molar-refractivity contribution in [2.75, 3.05) is 5.32 Å². The van der Waals surface area contributed by atoms with Crippen molar-refractivity contribution < 1.29 is 18.0 Å². The van der Waals surface area contributed by atoms with Gasteiger partial charge in [-0.15, -0.1) is 0 Å². The summed E-state index contributed by atoms with van der Waals surface area (Å²) >= 11 is 0. The first-order valence-electron chi connectivity index (χ1n) is 5.83. The van der Waals surface area contributed by atoms with Crippen molar-refractivity contribution in [1.29, 1.82) is 0 Å². The van der Waals surface area contributed by atoms with Crippen LogP contribution in [0.25, 0.3) is 0 Å². The normalized spacial score (nSPS) is 11.2. The molecule has 2 rings (SSSR count). The summed E-state index contributed by atoms with van der Waals surface area (Å²) in [5, 5.41) is 2.80. The van der Waals surface area contributed by atoms with E-state index in [2.05, 4.69) is 10.3 Å². The Labute approximate surface area is 113 Å². The number of pyridine rings is 1. The molecule has 0 amide bonds. The molecular weight excluding hydrogens is 269 g/mol. The lowest BCUT2D eigenvalue weighted by Crippen LogP contribution is -2.11. The Hall–Kier alpha value is -2.37. The first-order chi connectivity index (χ1) is 9.50. The van der Waals surface area contributed by atoms with Crippen LogP contribution in [0.3, 0.4) is 0 Å². The molecule has 0 aliphatic rings. The van der Waals surface area contributed by atoms with Crippen LogP contribution in [-0.4, -0.2) is 11.3 Å². The van der Waals surface area contributed by atoms with Crippen LogP contribution in [0.4, 0.5) is 24.7 Å². The van der Waals surface area contributed by atoms with Crippen molar-refractivity contribution >= 4 is 17.8 Å². The Morgan fingerprint density at radius 1 is 1.10 bits per heavy atom. The molecule has 1 aromatic heterocycles. The number of para-hydroxylation sites is 1. The summed E-state index contributed by atoms with van der Waals surface area (Å²) in [7, 11) is 0. The number of aldehydes is 1. The Kier molecular flexibility index (Phi) is 4.02. The lowest BCUT2D eigenvalue weighted by atomic mass is 10.1. The summed E-state index contributed by atoms with van der Waals surface area (Å²) in [5.41, 5.74) is 0.0221. The van der Waals surface area contributed by atoms with E-state index >= 15 is 0 Å². The summed E-state index contributed by atoms with van der Waals surface area (Å²) in [6.07, 6.45) is -3.90. The third-order valence-corrected chi connectivity index (χ3v) is 2.61. The Morgan fingerprint density at radius 2 is 1.80 bits per heavy atom. The van der Waals surface area contributed by atoms with Gasteiger partial charge >= 0.3 is 6.18 Å². The summed E-state index contributed by atoms with van der Waals surface area (Å²) in [6, 6.07) is 10.8. The van der Waals surface area contributed by atoms with E-state index < -0.39 is 11.9 Å². The molecule has 0 aliphatic heterocycles. The number of carbonyl (C=O) groups is 1. The van der Waals surface area contributed by atoms with Crippen LogP contribution in [0.5, 0.6) is 0 Å². The number of anilines is 2. The highest BCUT2D eigenvalue weighted by molar-refractivity contribution is 5.65. The smallest absolute Gasteiger partial charge is 0.340 e. The lowest BCUT2D eigenvalue weighted by molar-refractivity contribution is -0.141. The van der Waals surface area contributed by atoms with Gasteiger partial charge in [-0.1, -0.05) is 24.3 Å². The molecule has 6 heteroatoms. The molecule has 0 radical (unpaired) electrons. The molecule has 2 aromatic rings. The van der Waals surface area contributed by atoms with Crippen LogP contribution >= 0.6 is 0 Å². The molecule has 0 spiro atoms. The molecule has 0 unspecified atom stereocenters. The maximum Gasteiger partial charge on any atom is 0.433 e. The zero-order valence-electron chi connectivity index (χ0n) is 10.3. The highest BCUT2D eigenvalue weighted by Gasteiger charge is 2.33. The number of alkyl halides is 3. The summed E-state index contributed by atoms with van der Waals surface area (Å²) in [5.74, 6) is 0.0399. The molecule has 1 heterocycles. The molecule has 0 aliphatic carbocycles. The van der Waals surface area contributed by atoms with Crippen molar-refractivity contribution in [3.05, 3.63) is 53.7 Å². The SMILES string of the molecule is O=CCc1ccc(C(F)(F)F)nc1Nc1ccccc1. The van der Waals surface area contributed by atoms with Gasteiger partial charge in [0.1, 0.15) is 17.8 Å². The van der Waals surface area contributed by atoms with Gasteiger partial charge in [0.05, 0.1) is 0 Å². The molecule has 20 heavy (non-hydrogen) atoms. The van der Waals surface area contributed by atoms with Gasteiger partial charge in [-0.3, -0.25) is 0 Å². The molecule has 0 saturated carbocycles. The second-order valence-electron chi connectivity index (χ2n) is 4.06. The highest BCUT2D eigenvalue weighted by atomic mass is 19.4. The van der Waals surface area contributed by atoms with Gasteiger partial charge in [-0.25, -0.2) is 4.98 Å². The number of nitrogens with zero attached hydrogens (tertiary/aromatic N) is 1. The van der Waals surface area contributed by atoms with Gasteiger partial charge in [-0.05, 0) is 18.2 Å². The molecule has 0 saturated heterocycles. The van der Waals surface area contributed by atoms with Crippen LogP contribution in [-0.2, 0) is 17.4 Å². The molecule has 0 atom stereocenters. The van der Waals surface area contributed by atoms with Gasteiger partial charge < -0.3 is 10.1 Å². The topological polar surface area (TPSA) is 42.0 Å². The molecule has 0 fully saturated rings. The Morgan fingerprint density at radius 3 is 2.40 bits per heavy atom. The minimum Gasteiger partial charge on any atom is -0.340 e. The minimum atomic E-state index is -4.52. The molecule has 1 N–H and O–H groups in total. The molecule has 1 aromatic carbocycles. The quantitative estimate of drug-likeness (QED) is 0.870. The number of rotatable bonds is 4. The highest BCUT2D eigenvalue weighted by Crippen LogP contribution is 2.30. The van der Waals surface area contributed by atoms with Crippen LogP contribution in [0, 0.1) is 0 Å². The zero-order valence-corrected chi connectivity index (χ0v) is 10.3. The number of halogens is 3. The third-order valence-electron chi connectivity index (χ3n) is 2.61. The zero-order chi connectivity index (χ0) is 14.6. The van der Waals surface area contributed by atoms with Gasteiger partial charge in [0, 0.05) is 17.7 Å². The number of benzene rings is 1. The van der Waals surface area contributed by atoms with Crippen molar-refractivity contribution in [1.82, 2.24) is 4.98 Å². The van der Waals surface area contributed by atoms with E-state index in [9.17, 15) is 18.0 Å². The van der Waals surface area contributed by atoms with Crippen molar-refractivity contribution in [3.8, 4) is 0 Å². The molecule has 3 nitrogen and oxygen atoms in total. The fourth-order valence-corrected chi connectivity index (χ4v) is 1.67. The summed E-state index contributed by atoms with van der Waals surface area (Å²) in [4.78, 5) is 14.1. The summed E-state index contributed by atoms with van der Waals surface area (Å²) < 4.78 is 38.0. The van der Waals surface area contributed by atoms with Gasteiger partial charge in [0.25, 0.3) is 0 Å². The predicted molar refractivity (Wildman–Crippen MR) is 68.7 cm³/mol. The van der Waals surface area contributed by atoms with Crippen molar-refractivity contribution in [2.45, 2.75) is 12.6 Å². The van der Waals surface area contributed by atoms with E-state index in [1.54, 1.807) is 30.3 Å². The second-order valence-corrected chi connectivity index (χ2v) is 4.06. The van der Waals surface area contributed by atoms with E-state index in [1.807, 2.05) is 0 Å². The predicted octanol–water partition coefficient (Wildman–Crippen LogP) is 3.59. The van der Waals surface area contributed by atoms with Crippen molar-refractivity contribution in [3.63, 3.8) is 0 Å². The fourth-order valence-electron chi connectivity index (χ4n) is 1.67. The van der Waals surface area contributed by atoms with E-state index in [0.29, 0.717) is 17.5 Å². The number of hydrogen-bond donors (Lipinski definition) is 1. The average molecular weight is 280 g/mol. The van der Waals surface area contributed by atoms with Crippen LogP contribution in [0.1, 0.15) is 11.3 Å². The minimum absolute atomic E-state index is 0.000302. The number of hydrogen-bond acceptors (Lipinski definition) is 3. The first-order valence-corrected chi connectivity index (χ1v) is 5.83. The molecular formula is C14H11F3N2O. The lowest BCUT2D eigenvalue weighted by Gasteiger charge is -2.13. The molecule has 0 bridgehead atoms.